The van der Waals surface area contributed by atoms with Crippen molar-refractivity contribution in [2.45, 2.75) is 19.9 Å². The van der Waals surface area contributed by atoms with Gasteiger partial charge in [0, 0.05) is 0 Å². The molecule has 1 amide bonds. The highest BCUT2D eigenvalue weighted by molar-refractivity contribution is 7.92. The minimum atomic E-state index is -3.63. The van der Waals surface area contributed by atoms with Gasteiger partial charge in [-0.3, -0.25) is 9.10 Å². The Morgan fingerprint density at radius 2 is 1.56 bits per heavy atom. The van der Waals surface area contributed by atoms with Crippen LogP contribution >= 0.6 is 0 Å². The number of rotatable bonds is 6. The van der Waals surface area contributed by atoms with Gasteiger partial charge in [0.05, 0.1) is 17.7 Å². The Balaban J connectivity index is 2.19. The fourth-order valence-corrected chi connectivity index (χ4v) is 3.53. The molecule has 0 saturated carbocycles. The zero-order valence-electron chi connectivity index (χ0n) is 14.4. The zero-order valence-corrected chi connectivity index (χ0v) is 15.2. The Bertz CT molecular complexity index is 850. The Kier molecular flexibility index (Phi) is 5.93. The fraction of sp³-hybridized carbons (Fsp3) is 0.222. The van der Waals surface area contributed by atoms with Crippen molar-refractivity contribution >= 4 is 27.3 Å². The van der Waals surface area contributed by atoms with Gasteiger partial charge in [0.1, 0.15) is 6.04 Å². The van der Waals surface area contributed by atoms with E-state index in [0.717, 1.165) is 16.1 Å². The number of carbonyl (C=O) groups excluding carboxylic acids is 1. The third-order valence-corrected chi connectivity index (χ3v) is 4.87. The number of hydrogen-bond donors (Lipinski definition) is 1. The lowest BCUT2D eigenvalue weighted by Crippen LogP contribution is -2.46. The Labute approximate surface area is 148 Å². The third kappa shape index (κ3) is 4.90. The quantitative estimate of drug-likeness (QED) is 0.635. The minimum Gasteiger partial charge on any atom is -0.271 e. The van der Waals surface area contributed by atoms with Crippen molar-refractivity contribution in [1.29, 1.82) is 0 Å². The van der Waals surface area contributed by atoms with Gasteiger partial charge in [-0.05, 0) is 31.5 Å². The largest absolute Gasteiger partial charge is 0.271 e. The maximum Gasteiger partial charge on any atom is 0.263 e. The number of sulfonamides is 1. The van der Waals surface area contributed by atoms with Gasteiger partial charge in [-0.2, -0.15) is 5.10 Å². The van der Waals surface area contributed by atoms with Crippen LogP contribution in [0.1, 0.15) is 19.4 Å². The molecule has 0 aliphatic carbocycles. The summed E-state index contributed by atoms with van der Waals surface area (Å²) < 4.78 is 25.4. The van der Waals surface area contributed by atoms with Crippen molar-refractivity contribution in [1.82, 2.24) is 5.43 Å². The maximum absolute atomic E-state index is 12.4. The Hall–Kier alpha value is -2.67. The molecule has 0 radical (unpaired) electrons. The highest BCUT2D eigenvalue weighted by Crippen LogP contribution is 2.20. The number of benzene rings is 2. The van der Waals surface area contributed by atoms with Crippen LogP contribution in [0, 0.1) is 0 Å². The predicted molar refractivity (Wildman–Crippen MR) is 100 cm³/mol. The van der Waals surface area contributed by atoms with E-state index >= 15 is 0 Å². The topological polar surface area (TPSA) is 78.8 Å². The number of anilines is 1. The molecule has 0 heterocycles. The van der Waals surface area contributed by atoms with Gasteiger partial charge in [0.2, 0.25) is 10.0 Å². The van der Waals surface area contributed by atoms with Crippen LogP contribution in [0.4, 0.5) is 5.69 Å². The lowest BCUT2D eigenvalue weighted by Gasteiger charge is -2.27. The number of nitrogens with zero attached hydrogens (tertiary/aromatic N) is 2. The van der Waals surface area contributed by atoms with Crippen LogP contribution in [0.25, 0.3) is 0 Å². The maximum atomic E-state index is 12.4. The summed E-state index contributed by atoms with van der Waals surface area (Å²) in [6, 6.07) is 17.0. The van der Waals surface area contributed by atoms with Crippen molar-refractivity contribution in [3.63, 3.8) is 0 Å². The van der Waals surface area contributed by atoms with Crippen LogP contribution < -0.4 is 9.73 Å². The molecule has 0 aliphatic rings. The first-order chi connectivity index (χ1) is 11.8. The summed E-state index contributed by atoms with van der Waals surface area (Å²) >= 11 is 0. The number of hydrogen-bond acceptors (Lipinski definition) is 4. The number of hydrazone groups is 1. The van der Waals surface area contributed by atoms with E-state index < -0.39 is 22.0 Å². The number of amides is 1. The highest BCUT2D eigenvalue weighted by Gasteiger charge is 2.28. The van der Waals surface area contributed by atoms with Gasteiger partial charge in [-0.15, -0.1) is 0 Å². The van der Waals surface area contributed by atoms with Gasteiger partial charge in [-0.1, -0.05) is 48.5 Å². The molecular formula is C18H21N3O3S. The molecule has 2 rings (SSSR count). The van der Waals surface area contributed by atoms with Crippen LogP contribution in [0.3, 0.4) is 0 Å². The van der Waals surface area contributed by atoms with E-state index in [1.54, 1.807) is 37.3 Å². The van der Waals surface area contributed by atoms with E-state index in [-0.39, 0.29) is 0 Å². The molecular weight excluding hydrogens is 338 g/mol. The Morgan fingerprint density at radius 3 is 2.08 bits per heavy atom. The van der Waals surface area contributed by atoms with Gasteiger partial charge < -0.3 is 0 Å². The second kappa shape index (κ2) is 7.94. The molecule has 7 heteroatoms. The highest BCUT2D eigenvalue weighted by atomic mass is 32.2. The lowest BCUT2D eigenvalue weighted by molar-refractivity contribution is -0.121. The smallest absolute Gasteiger partial charge is 0.263 e. The van der Waals surface area contributed by atoms with Gasteiger partial charge >= 0.3 is 0 Å². The summed E-state index contributed by atoms with van der Waals surface area (Å²) in [4.78, 5) is 12.4. The molecule has 2 aromatic carbocycles. The number of carbonyl (C=O) groups is 1. The van der Waals surface area contributed by atoms with Gasteiger partial charge in [0.25, 0.3) is 5.91 Å². The second-order valence-electron chi connectivity index (χ2n) is 5.61. The van der Waals surface area contributed by atoms with Crippen LogP contribution in [0.2, 0.25) is 0 Å². The second-order valence-corrected chi connectivity index (χ2v) is 7.47. The summed E-state index contributed by atoms with van der Waals surface area (Å²) in [5.74, 6) is -0.510. The van der Waals surface area contributed by atoms with E-state index in [1.165, 1.54) is 6.92 Å². The van der Waals surface area contributed by atoms with Crippen LogP contribution in [0.15, 0.2) is 65.8 Å². The lowest BCUT2D eigenvalue weighted by atomic mass is 10.1. The molecule has 0 saturated heterocycles. The summed E-state index contributed by atoms with van der Waals surface area (Å²) in [6.07, 6.45) is 1.07. The average molecular weight is 359 g/mol. The number of nitrogens with one attached hydrogen (secondary N) is 1. The number of para-hydroxylation sites is 1. The molecule has 0 spiro atoms. The minimum absolute atomic E-state index is 0.427. The van der Waals surface area contributed by atoms with Crippen molar-refractivity contribution in [3.8, 4) is 0 Å². The molecule has 1 N–H and O–H groups in total. The summed E-state index contributed by atoms with van der Waals surface area (Å²) in [5, 5.41) is 4.07. The van der Waals surface area contributed by atoms with E-state index in [0.29, 0.717) is 11.4 Å². The molecule has 0 unspecified atom stereocenters. The first kappa shape index (κ1) is 18.7. The first-order valence-electron chi connectivity index (χ1n) is 7.74. The Morgan fingerprint density at radius 1 is 1.04 bits per heavy atom. The summed E-state index contributed by atoms with van der Waals surface area (Å²) in [5.41, 5.74) is 4.38. The van der Waals surface area contributed by atoms with E-state index in [9.17, 15) is 13.2 Å². The van der Waals surface area contributed by atoms with Crippen molar-refractivity contribution in [3.05, 3.63) is 66.2 Å². The molecule has 6 nitrogen and oxygen atoms in total. The van der Waals surface area contributed by atoms with Crippen molar-refractivity contribution in [2.75, 3.05) is 10.6 Å². The normalized spacial score (nSPS) is 13.2. The van der Waals surface area contributed by atoms with Gasteiger partial charge in [-0.25, -0.2) is 13.8 Å². The first-order valence-corrected chi connectivity index (χ1v) is 9.59. The summed E-state index contributed by atoms with van der Waals surface area (Å²) in [7, 11) is -3.63. The molecule has 25 heavy (non-hydrogen) atoms. The van der Waals surface area contributed by atoms with Crippen LogP contribution in [0.5, 0.6) is 0 Å². The zero-order chi connectivity index (χ0) is 18.4. The molecule has 1 atom stereocenters. The molecule has 0 aliphatic heterocycles. The fourth-order valence-electron chi connectivity index (χ4n) is 2.36. The molecule has 132 valence electrons. The third-order valence-electron chi connectivity index (χ3n) is 3.62. The monoisotopic (exact) mass is 359 g/mol. The van der Waals surface area contributed by atoms with Crippen LogP contribution in [-0.4, -0.2) is 32.3 Å². The molecule has 0 fully saturated rings. The molecule has 2 aromatic rings. The van der Waals surface area contributed by atoms with E-state index in [2.05, 4.69) is 10.5 Å². The van der Waals surface area contributed by atoms with Crippen LogP contribution in [-0.2, 0) is 14.8 Å². The van der Waals surface area contributed by atoms with Crippen molar-refractivity contribution < 1.29 is 13.2 Å². The van der Waals surface area contributed by atoms with E-state index in [4.69, 9.17) is 0 Å². The SMILES string of the molecule is C/C(=N/NC(=O)[C@H](C)N(c1ccccc1)S(C)(=O)=O)c1ccccc1. The predicted octanol–water partition coefficient (Wildman–Crippen LogP) is 2.38. The van der Waals surface area contributed by atoms with Gasteiger partial charge in [0.15, 0.2) is 0 Å². The average Bonchev–Trinajstić information content (AvgIpc) is 2.60. The van der Waals surface area contributed by atoms with Crippen molar-refractivity contribution in [2.24, 2.45) is 5.10 Å². The standard InChI is InChI=1S/C18H21N3O3S/c1-14(16-10-6-4-7-11-16)19-20-18(22)15(2)21(25(3,23)24)17-12-8-5-9-13-17/h4-13,15H,1-3H3,(H,20,22)/b19-14-/t15-/m0/s1. The molecule has 0 aromatic heterocycles. The molecule has 0 bridgehead atoms. The van der Waals surface area contributed by atoms with E-state index in [1.807, 2.05) is 30.3 Å². The summed E-state index contributed by atoms with van der Waals surface area (Å²) in [6.45, 7) is 3.29.